The molecule has 0 aliphatic rings. The van der Waals surface area contributed by atoms with Crippen LogP contribution in [-0.4, -0.2) is 26.2 Å². The van der Waals surface area contributed by atoms with Crippen molar-refractivity contribution in [2.75, 3.05) is 0 Å². The molecule has 0 aliphatic heterocycles. The number of nitrogens with zero attached hydrogens (tertiary/aromatic N) is 4. The van der Waals surface area contributed by atoms with Crippen molar-refractivity contribution in [1.82, 2.24) is 19.5 Å². The lowest BCUT2D eigenvalue weighted by Gasteiger charge is -2.07. The molecule has 4 aromatic rings. The van der Waals surface area contributed by atoms with Gasteiger partial charge in [-0.15, -0.1) is 0 Å². The standard InChI is InChI=1S/C23H25N5O2/c1-5-27-17(4)25-21-12-18(8-9-22(21)27)23(29)26-24-13-19-11-15(2)28(16(19)3)14-20-7-6-10-30-20/h6-13H,5,14H2,1-4H3,(H,26,29)/b24-13+. The van der Waals surface area contributed by atoms with E-state index in [4.69, 9.17) is 4.42 Å². The average molecular weight is 403 g/mol. The Hall–Kier alpha value is -3.61. The number of aromatic nitrogens is 3. The summed E-state index contributed by atoms with van der Waals surface area (Å²) in [7, 11) is 0. The number of hydrogen-bond donors (Lipinski definition) is 1. The fourth-order valence-corrected chi connectivity index (χ4v) is 3.78. The normalized spacial score (nSPS) is 11.6. The molecule has 0 saturated carbocycles. The Morgan fingerprint density at radius 1 is 1.20 bits per heavy atom. The van der Waals surface area contributed by atoms with Crippen LogP contribution >= 0.6 is 0 Å². The third-order valence-corrected chi connectivity index (χ3v) is 5.39. The van der Waals surface area contributed by atoms with Crippen molar-refractivity contribution in [2.24, 2.45) is 5.10 Å². The minimum absolute atomic E-state index is 0.263. The van der Waals surface area contributed by atoms with Gasteiger partial charge >= 0.3 is 0 Å². The predicted octanol–water partition coefficient (Wildman–Crippen LogP) is 4.19. The highest BCUT2D eigenvalue weighted by Gasteiger charge is 2.12. The van der Waals surface area contributed by atoms with Gasteiger partial charge in [-0.05, 0) is 64.1 Å². The van der Waals surface area contributed by atoms with Crippen LogP contribution in [0.1, 0.15) is 45.8 Å². The minimum Gasteiger partial charge on any atom is -0.467 e. The molecule has 1 N–H and O–H groups in total. The van der Waals surface area contributed by atoms with Crippen LogP contribution in [0.4, 0.5) is 0 Å². The van der Waals surface area contributed by atoms with E-state index in [1.54, 1.807) is 24.6 Å². The third kappa shape index (κ3) is 3.66. The lowest BCUT2D eigenvalue weighted by Crippen LogP contribution is -2.17. The molecule has 0 spiro atoms. The number of carbonyl (C=O) groups excluding carboxylic acids is 1. The van der Waals surface area contributed by atoms with Crippen molar-refractivity contribution in [3.63, 3.8) is 0 Å². The number of aryl methyl sites for hydroxylation is 3. The predicted molar refractivity (Wildman–Crippen MR) is 117 cm³/mol. The van der Waals surface area contributed by atoms with Gasteiger partial charge < -0.3 is 13.6 Å². The quantitative estimate of drug-likeness (QED) is 0.387. The van der Waals surface area contributed by atoms with E-state index < -0.39 is 0 Å². The SMILES string of the molecule is CCn1c(C)nc2cc(C(=O)N/N=C/c3cc(C)n(Cc4ccco4)c3C)ccc21. The first kappa shape index (κ1) is 19.7. The summed E-state index contributed by atoms with van der Waals surface area (Å²) in [5.41, 5.74) is 8.10. The van der Waals surface area contributed by atoms with Crippen LogP contribution in [0, 0.1) is 20.8 Å². The maximum atomic E-state index is 12.5. The highest BCUT2D eigenvalue weighted by Crippen LogP contribution is 2.18. The fourth-order valence-electron chi connectivity index (χ4n) is 3.78. The maximum absolute atomic E-state index is 12.5. The number of benzene rings is 1. The molecular formula is C23H25N5O2. The molecule has 3 heterocycles. The summed E-state index contributed by atoms with van der Waals surface area (Å²) in [6, 6.07) is 11.4. The molecule has 7 nitrogen and oxygen atoms in total. The molecule has 4 rings (SSSR count). The van der Waals surface area contributed by atoms with Gasteiger partial charge in [0.05, 0.1) is 30.1 Å². The number of carbonyl (C=O) groups is 1. The monoisotopic (exact) mass is 403 g/mol. The number of hydrogen-bond acceptors (Lipinski definition) is 4. The summed E-state index contributed by atoms with van der Waals surface area (Å²) in [6.45, 7) is 9.62. The lowest BCUT2D eigenvalue weighted by molar-refractivity contribution is 0.0955. The Morgan fingerprint density at radius 2 is 2.03 bits per heavy atom. The molecule has 3 aromatic heterocycles. The Labute approximate surface area is 175 Å². The smallest absolute Gasteiger partial charge is 0.271 e. The number of hydrazone groups is 1. The molecule has 1 amide bonds. The van der Waals surface area contributed by atoms with Crippen LogP contribution in [0.15, 0.2) is 52.2 Å². The number of fused-ring (bicyclic) bond motifs is 1. The van der Waals surface area contributed by atoms with Crippen LogP contribution < -0.4 is 5.43 Å². The molecule has 0 radical (unpaired) electrons. The third-order valence-electron chi connectivity index (χ3n) is 5.39. The van der Waals surface area contributed by atoms with Gasteiger partial charge in [0.15, 0.2) is 0 Å². The number of nitrogens with one attached hydrogen (secondary N) is 1. The van der Waals surface area contributed by atoms with Crippen LogP contribution in [0.25, 0.3) is 11.0 Å². The van der Waals surface area contributed by atoms with Crippen molar-refractivity contribution in [3.8, 4) is 0 Å². The van der Waals surface area contributed by atoms with E-state index in [0.29, 0.717) is 12.1 Å². The second kappa shape index (κ2) is 8.02. The van der Waals surface area contributed by atoms with Crippen LogP contribution in [0.5, 0.6) is 0 Å². The molecule has 0 unspecified atom stereocenters. The van der Waals surface area contributed by atoms with Crippen molar-refractivity contribution in [3.05, 3.63) is 76.8 Å². The van der Waals surface area contributed by atoms with E-state index in [0.717, 1.165) is 46.1 Å². The average Bonchev–Trinajstić information content (AvgIpc) is 3.42. The zero-order chi connectivity index (χ0) is 21.3. The van der Waals surface area contributed by atoms with Gasteiger partial charge in [-0.25, -0.2) is 10.4 Å². The highest BCUT2D eigenvalue weighted by atomic mass is 16.3. The summed E-state index contributed by atoms with van der Waals surface area (Å²) in [5, 5.41) is 4.16. The zero-order valence-electron chi connectivity index (χ0n) is 17.6. The van der Waals surface area contributed by atoms with Crippen LogP contribution in [-0.2, 0) is 13.1 Å². The van der Waals surface area contributed by atoms with E-state index in [9.17, 15) is 4.79 Å². The number of furan rings is 1. The van der Waals surface area contributed by atoms with E-state index in [2.05, 4.69) is 31.6 Å². The molecule has 154 valence electrons. The summed E-state index contributed by atoms with van der Waals surface area (Å²) < 4.78 is 9.72. The number of imidazole rings is 1. The van der Waals surface area contributed by atoms with Crippen molar-refractivity contribution >= 4 is 23.2 Å². The van der Waals surface area contributed by atoms with Gasteiger partial charge in [-0.3, -0.25) is 4.79 Å². The van der Waals surface area contributed by atoms with Crippen molar-refractivity contribution < 1.29 is 9.21 Å². The maximum Gasteiger partial charge on any atom is 0.271 e. The van der Waals surface area contributed by atoms with Crippen LogP contribution in [0.3, 0.4) is 0 Å². The molecule has 0 bridgehead atoms. The molecule has 0 fully saturated rings. The first-order valence-electron chi connectivity index (χ1n) is 9.97. The van der Waals surface area contributed by atoms with Gasteiger partial charge in [0.1, 0.15) is 11.6 Å². The molecule has 0 atom stereocenters. The molecule has 30 heavy (non-hydrogen) atoms. The Balaban J connectivity index is 1.48. The van der Waals surface area contributed by atoms with E-state index in [-0.39, 0.29) is 5.91 Å². The van der Waals surface area contributed by atoms with Crippen LogP contribution in [0.2, 0.25) is 0 Å². The fraction of sp³-hybridized carbons (Fsp3) is 0.261. The first-order valence-corrected chi connectivity index (χ1v) is 9.97. The van der Waals surface area contributed by atoms with Gasteiger partial charge in [-0.1, -0.05) is 0 Å². The molecule has 1 aromatic carbocycles. The van der Waals surface area contributed by atoms with E-state index >= 15 is 0 Å². The largest absolute Gasteiger partial charge is 0.467 e. The Bertz CT molecular complexity index is 1230. The number of amides is 1. The Kier molecular flexibility index (Phi) is 5.27. The minimum atomic E-state index is -0.263. The van der Waals surface area contributed by atoms with Gasteiger partial charge in [0, 0.05) is 29.1 Å². The molecule has 0 aliphatic carbocycles. The Morgan fingerprint density at radius 3 is 2.77 bits per heavy atom. The molecule has 0 saturated heterocycles. The summed E-state index contributed by atoms with van der Waals surface area (Å²) >= 11 is 0. The zero-order valence-corrected chi connectivity index (χ0v) is 17.6. The number of rotatable bonds is 6. The topological polar surface area (TPSA) is 77.4 Å². The summed E-state index contributed by atoms with van der Waals surface area (Å²) in [4.78, 5) is 17.1. The highest BCUT2D eigenvalue weighted by molar-refractivity contribution is 5.98. The molecule has 7 heteroatoms. The van der Waals surface area contributed by atoms with E-state index in [1.165, 1.54) is 0 Å². The van der Waals surface area contributed by atoms with Crippen molar-refractivity contribution in [2.45, 2.75) is 40.8 Å². The van der Waals surface area contributed by atoms with Gasteiger partial charge in [-0.2, -0.15) is 5.10 Å². The van der Waals surface area contributed by atoms with E-state index in [1.807, 2.05) is 45.0 Å². The summed E-state index contributed by atoms with van der Waals surface area (Å²) in [5.74, 6) is 1.57. The second-order valence-electron chi connectivity index (χ2n) is 7.30. The molecular weight excluding hydrogens is 378 g/mol. The lowest BCUT2D eigenvalue weighted by atomic mass is 10.2. The summed E-state index contributed by atoms with van der Waals surface area (Å²) in [6.07, 6.45) is 3.35. The van der Waals surface area contributed by atoms with Gasteiger partial charge in [0.2, 0.25) is 0 Å². The van der Waals surface area contributed by atoms with Crippen molar-refractivity contribution in [1.29, 1.82) is 0 Å². The van der Waals surface area contributed by atoms with Gasteiger partial charge in [0.25, 0.3) is 5.91 Å². The second-order valence-corrected chi connectivity index (χ2v) is 7.30. The first-order chi connectivity index (χ1) is 14.5.